The number of ether oxygens (including phenoxy) is 1. The molecule has 0 aromatic carbocycles. The fourth-order valence-corrected chi connectivity index (χ4v) is 2.69. The van der Waals surface area contributed by atoms with Gasteiger partial charge in [-0.15, -0.1) is 11.6 Å². The summed E-state index contributed by atoms with van der Waals surface area (Å²) in [6, 6.07) is 4.76. The number of halogens is 1. The van der Waals surface area contributed by atoms with Crippen LogP contribution >= 0.6 is 11.6 Å². The molecule has 2 heterocycles. The van der Waals surface area contributed by atoms with Crippen LogP contribution in [-0.2, 0) is 17.0 Å². The van der Waals surface area contributed by atoms with Crippen molar-refractivity contribution < 1.29 is 4.74 Å². The lowest BCUT2D eigenvalue weighted by atomic mass is 10.1. The Morgan fingerprint density at radius 1 is 1.37 bits per heavy atom. The van der Waals surface area contributed by atoms with Crippen molar-refractivity contribution in [2.75, 3.05) is 25.2 Å². The van der Waals surface area contributed by atoms with E-state index in [2.05, 4.69) is 31.0 Å². The van der Waals surface area contributed by atoms with Crippen LogP contribution < -0.4 is 4.90 Å². The van der Waals surface area contributed by atoms with Gasteiger partial charge in [0.25, 0.3) is 0 Å². The van der Waals surface area contributed by atoms with E-state index >= 15 is 0 Å². The average molecular weight is 283 g/mol. The standard InChI is InChI=1S/C15H23ClN2O/c1-3-4-13-9-12(11-16)10-15(17-13)18(2)14-5-7-19-8-6-14/h9-10,14H,3-8,11H2,1-2H3. The van der Waals surface area contributed by atoms with Crippen LogP contribution in [0, 0.1) is 0 Å². The summed E-state index contributed by atoms with van der Waals surface area (Å²) in [6.07, 6.45) is 4.28. The van der Waals surface area contributed by atoms with Crippen LogP contribution in [0.3, 0.4) is 0 Å². The fraction of sp³-hybridized carbons (Fsp3) is 0.667. The molecular formula is C15H23ClN2O. The van der Waals surface area contributed by atoms with Crippen molar-refractivity contribution in [1.82, 2.24) is 4.98 Å². The molecule has 1 fully saturated rings. The van der Waals surface area contributed by atoms with Crippen LogP contribution in [0.4, 0.5) is 5.82 Å². The van der Waals surface area contributed by atoms with E-state index in [-0.39, 0.29) is 0 Å². The first-order valence-corrected chi connectivity index (χ1v) is 7.64. The Morgan fingerprint density at radius 3 is 2.74 bits per heavy atom. The van der Waals surface area contributed by atoms with Crippen molar-refractivity contribution in [3.8, 4) is 0 Å². The van der Waals surface area contributed by atoms with Crippen molar-refractivity contribution >= 4 is 17.4 Å². The Balaban J connectivity index is 2.18. The molecule has 106 valence electrons. The highest BCUT2D eigenvalue weighted by atomic mass is 35.5. The Labute approximate surface area is 120 Å². The monoisotopic (exact) mass is 282 g/mol. The number of nitrogens with zero attached hydrogens (tertiary/aromatic N) is 2. The Morgan fingerprint density at radius 2 is 2.11 bits per heavy atom. The van der Waals surface area contributed by atoms with Crippen LogP contribution in [0.5, 0.6) is 0 Å². The van der Waals surface area contributed by atoms with Crippen LogP contribution in [0.1, 0.15) is 37.4 Å². The third-order valence-electron chi connectivity index (χ3n) is 3.69. The average Bonchev–Trinajstić information content (AvgIpc) is 2.47. The predicted molar refractivity (Wildman–Crippen MR) is 80.0 cm³/mol. The first kappa shape index (κ1) is 14.6. The molecule has 1 saturated heterocycles. The van der Waals surface area contributed by atoms with Gasteiger partial charge in [0.2, 0.25) is 0 Å². The normalized spacial score (nSPS) is 16.6. The first-order chi connectivity index (χ1) is 9.24. The maximum Gasteiger partial charge on any atom is 0.129 e. The second-order valence-corrected chi connectivity index (χ2v) is 5.43. The minimum atomic E-state index is 0.529. The summed E-state index contributed by atoms with van der Waals surface area (Å²) in [7, 11) is 2.13. The number of aryl methyl sites for hydroxylation is 1. The van der Waals surface area contributed by atoms with Crippen molar-refractivity contribution in [2.24, 2.45) is 0 Å². The largest absolute Gasteiger partial charge is 0.381 e. The van der Waals surface area contributed by atoms with E-state index in [1.54, 1.807) is 0 Å². The van der Waals surface area contributed by atoms with Crippen molar-refractivity contribution in [3.05, 3.63) is 23.4 Å². The molecule has 2 rings (SSSR count). The molecule has 0 bridgehead atoms. The lowest BCUT2D eigenvalue weighted by molar-refractivity contribution is 0.0853. The van der Waals surface area contributed by atoms with Crippen LogP contribution in [-0.4, -0.2) is 31.3 Å². The third-order valence-corrected chi connectivity index (χ3v) is 3.99. The van der Waals surface area contributed by atoms with Gasteiger partial charge in [0, 0.05) is 37.9 Å². The van der Waals surface area contributed by atoms with Crippen molar-refractivity contribution in [1.29, 1.82) is 0 Å². The Kier molecular flexibility index (Phi) is 5.46. The summed E-state index contributed by atoms with van der Waals surface area (Å²) >= 11 is 6.00. The van der Waals surface area contributed by atoms with E-state index in [9.17, 15) is 0 Å². The lowest BCUT2D eigenvalue weighted by Gasteiger charge is -2.32. The molecule has 0 N–H and O–H groups in total. The van der Waals surface area contributed by atoms with Gasteiger partial charge in [-0.3, -0.25) is 0 Å². The predicted octanol–water partition coefficient (Wildman–Crippen LogP) is 3.39. The lowest BCUT2D eigenvalue weighted by Crippen LogP contribution is -2.37. The van der Waals surface area contributed by atoms with E-state index in [1.807, 2.05) is 0 Å². The van der Waals surface area contributed by atoms with E-state index in [0.717, 1.165) is 56.0 Å². The second-order valence-electron chi connectivity index (χ2n) is 5.16. The maximum absolute atomic E-state index is 6.00. The van der Waals surface area contributed by atoms with E-state index < -0.39 is 0 Å². The molecule has 1 aliphatic heterocycles. The molecule has 4 heteroatoms. The zero-order valence-corrected chi connectivity index (χ0v) is 12.6. The maximum atomic E-state index is 6.00. The molecule has 1 aromatic rings. The molecule has 3 nitrogen and oxygen atoms in total. The summed E-state index contributed by atoms with van der Waals surface area (Å²) < 4.78 is 5.42. The first-order valence-electron chi connectivity index (χ1n) is 7.11. The van der Waals surface area contributed by atoms with Gasteiger partial charge in [-0.05, 0) is 37.0 Å². The molecule has 1 aromatic heterocycles. The van der Waals surface area contributed by atoms with E-state index in [1.165, 1.54) is 0 Å². The van der Waals surface area contributed by atoms with Crippen LogP contribution in [0.2, 0.25) is 0 Å². The van der Waals surface area contributed by atoms with Crippen molar-refractivity contribution in [3.63, 3.8) is 0 Å². The molecule has 0 aliphatic carbocycles. The molecule has 19 heavy (non-hydrogen) atoms. The number of pyridine rings is 1. The molecule has 0 spiro atoms. The minimum Gasteiger partial charge on any atom is -0.381 e. The smallest absolute Gasteiger partial charge is 0.129 e. The quantitative estimate of drug-likeness (QED) is 0.774. The second kappa shape index (κ2) is 7.11. The van der Waals surface area contributed by atoms with Gasteiger partial charge in [0.05, 0.1) is 0 Å². The molecule has 0 amide bonds. The summed E-state index contributed by atoms with van der Waals surface area (Å²) in [5.74, 6) is 1.60. The summed E-state index contributed by atoms with van der Waals surface area (Å²) in [4.78, 5) is 7.06. The van der Waals surface area contributed by atoms with Crippen LogP contribution in [0.15, 0.2) is 12.1 Å². The van der Waals surface area contributed by atoms with Gasteiger partial charge >= 0.3 is 0 Å². The summed E-state index contributed by atoms with van der Waals surface area (Å²) in [5, 5.41) is 0. The molecule has 0 radical (unpaired) electrons. The number of hydrogen-bond acceptors (Lipinski definition) is 3. The molecule has 0 atom stereocenters. The van der Waals surface area contributed by atoms with Gasteiger partial charge < -0.3 is 9.64 Å². The van der Waals surface area contributed by atoms with E-state index in [0.29, 0.717) is 11.9 Å². The number of alkyl halides is 1. The molecule has 0 saturated carbocycles. The Bertz CT molecular complexity index is 405. The van der Waals surface area contributed by atoms with Gasteiger partial charge in [0.15, 0.2) is 0 Å². The zero-order chi connectivity index (χ0) is 13.7. The molecule has 0 unspecified atom stereocenters. The van der Waals surface area contributed by atoms with Crippen molar-refractivity contribution in [2.45, 2.75) is 44.5 Å². The molecular weight excluding hydrogens is 260 g/mol. The topological polar surface area (TPSA) is 25.4 Å². The highest BCUT2D eigenvalue weighted by molar-refractivity contribution is 6.17. The highest BCUT2D eigenvalue weighted by Crippen LogP contribution is 2.22. The minimum absolute atomic E-state index is 0.529. The third kappa shape index (κ3) is 3.83. The number of anilines is 1. The summed E-state index contributed by atoms with van der Waals surface area (Å²) in [6.45, 7) is 3.88. The number of aromatic nitrogens is 1. The zero-order valence-electron chi connectivity index (χ0n) is 11.9. The van der Waals surface area contributed by atoms with Gasteiger partial charge in [-0.25, -0.2) is 4.98 Å². The SMILES string of the molecule is CCCc1cc(CCl)cc(N(C)C2CCOCC2)n1. The number of hydrogen-bond donors (Lipinski definition) is 0. The number of rotatable bonds is 5. The van der Waals surface area contributed by atoms with Crippen LogP contribution in [0.25, 0.3) is 0 Å². The highest BCUT2D eigenvalue weighted by Gasteiger charge is 2.20. The van der Waals surface area contributed by atoms with Gasteiger partial charge in [-0.2, -0.15) is 0 Å². The summed E-state index contributed by atoms with van der Waals surface area (Å²) in [5.41, 5.74) is 2.31. The van der Waals surface area contributed by atoms with Gasteiger partial charge in [-0.1, -0.05) is 13.3 Å². The fourth-order valence-electron chi connectivity index (χ4n) is 2.53. The Hall–Kier alpha value is -0.800. The van der Waals surface area contributed by atoms with Gasteiger partial charge in [0.1, 0.15) is 5.82 Å². The molecule has 1 aliphatic rings. The van der Waals surface area contributed by atoms with E-state index in [4.69, 9.17) is 21.3 Å².